The fourth-order valence-corrected chi connectivity index (χ4v) is 3.52. The zero-order valence-electron chi connectivity index (χ0n) is 16.1. The Labute approximate surface area is 174 Å². The van der Waals surface area contributed by atoms with Crippen LogP contribution in [0.4, 0.5) is 17.6 Å². The van der Waals surface area contributed by atoms with Gasteiger partial charge in [0, 0.05) is 5.69 Å². The Morgan fingerprint density at radius 1 is 1.13 bits per heavy atom. The maximum absolute atomic E-state index is 14.4. The molecule has 1 N–H and O–H groups in total. The maximum Gasteiger partial charge on any atom is 0.405 e. The number of hydrogen-bond acceptors (Lipinski definition) is 4. The molecule has 0 radical (unpaired) electrons. The highest BCUT2D eigenvalue weighted by Crippen LogP contribution is 2.31. The van der Waals surface area contributed by atoms with E-state index in [1.54, 1.807) is 34.9 Å². The number of nitrogens with zero attached hydrogens (tertiary/aromatic N) is 3. The van der Waals surface area contributed by atoms with Crippen LogP contribution in [0.3, 0.4) is 0 Å². The van der Waals surface area contributed by atoms with Crippen LogP contribution in [0.1, 0.15) is 12.5 Å². The third-order valence-corrected chi connectivity index (χ3v) is 5.20. The first-order valence-electron chi connectivity index (χ1n) is 8.94. The Morgan fingerprint density at radius 2 is 1.80 bits per heavy atom. The van der Waals surface area contributed by atoms with Crippen molar-refractivity contribution in [2.75, 3.05) is 6.54 Å². The lowest BCUT2D eigenvalue weighted by atomic mass is 10.2. The van der Waals surface area contributed by atoms with Gasteiger partial charge in [-0.3, -0.25) is 9.36 Å². The standard InChI is InChI=1S/C20H18F4N4OS/c1-12-7-9-14(10-8-12)28-17(15-5-3-4-6-16(15)21)26-27-19(28)30-13(2)18(29)25-11-20(22,23)24/h3-10,13H,11H2,1-2H3,(H,25,29). The summed E-state index contributed by atoms with van der Waals surface area (Å²) in [4.78, 5) is 12.1. The van der Waals surface area contributed by atoms with Crippen molar-refractivity contribution < 1.29 is 22.4 Å². The van der Waals surface area contributed by atoms with Crippen LogP contribution in [-0.2, 0) is 4.79 Å². The van der Waals surface area contributed by atoms with Crippen LogP contribution in [0.5, 0.6) is 0 Å². The molecule has 0 aliphatic carbocycles. The van der Waals surface area contributed by atoms with Gasteiger partial charge in [0.2, 0.25) is 5.91 Å². The van der Waals surface area contributed by atoms with Crippen LogP contribution < -0.4 is 5.32 Å². The predicted octanol–water partition coefficient (Wildman–Crippen LogP) is 4.54. The van der Waals surface area contributed by atoms with Gasteiger partial charge in [0.15, 0.2) is 11.0 Å². The number of aryl methyl sites for hydroxylation is 1. The highest BCUT2D eigenvalue weighted by atomic mass is 32.2. The summed E-state index contributed by atoms with van der Waals surface area (Å²) in [6.07, 6.45) is -4.50. The van der Waals surface area contributed by atoms with Gasteiger partial charge in [0.05, 0.1) is 10.8 Å². The highest BCUT2D eigenvalue weighted by Gasteiger charge is 2.29. The van der Waals surface area contributed by atoms with E-state index in [0.29, 0.717) is 5.69 Å². The number of rotatable bonds is 6. The van der Waals surface area contributed by atoms with Gasteiger partial charge in [-0.05, 0) is 38.1 Å². The molecule has 5 nitrogen and oxygen atoms in total. The molecular formula is C20H18F4N4OS. The smallest absolute Gasteiger partial charge is 0.346 e. The molecule has 0 aliphatic rings. The van der Waals surface area contributed by atoms with E-state index in [-0.39, 0.29) is 16.5 Å². The van der Waals surface area contributed by atoms with E-state index >= 15 is 0 Å². The highest BCUT2D eigenvalue weighted by molar-refractivity contribution is 8.00. The van der Waals surface area contributed by atoms with E-state index in [1.165, 1.54) is 13.0 Å². The van der Waals surface area contributed by atoms with E-state index in [4.69, 9.17) is 0 Å². The van der Waals surface area contributed by atoms with Gasteiger partial charge in [-0.2, -0.15) is 13.2 Å². The van der Waals surface area contributed by atoms with Crippen LogP contribution in [-0.4, -0.2) is 38.6 Å². The average molecular weight is 438 g/mol. The van der Waals surface area contributed by atoms with E-state index in [1.807, 2.05) is 24.4 Å². The van der Waals surface area contributed by atoms with Gasteiger partial charge in [-0.25, -0.2) is 4.39 Å². The minimum absolute atomic E-state index is 0.214. The third kappa shape index (κ3) is 5.18. The van der Waals surface area contributed by atoms with Crippen molar-refractivity contribution in [3.63, 3.8) is 0 Å². The molecule has 1 amide bonds. The van der Waals surface area contributed by atoms with Crippen molar-refractivity contribution in [3.05, 3.63) is 59.9 Å². The largest absolute Gasteiger partial charge is 0.405 e. The van der Waals surface area contributed by atoms with Gasteiger partial charge >= 0.3 is 6.18 Å². The fraction of sp³-hybridized carbons (Fsp3) is 0.250. The molecule has 1 heterocycles. The van der Waals surface area contributed by atoms with Crippen LogP contribution in [0.25, 0.3) is 17.1 Å². The van der Waals surface area contributed by atoms with Crippen LogP contribution >= 0.6 is 11.8 Å². The number of carbonyl (C=O) groups is 1. The minimum Gasteiger partial charge on any atom is -0.346 e. The quantitative estimate of drug-likeness (QED) is 0.454. The summed E-state index contributed by atoms with van der Waals surface area (Å²) in [5.41, 5.74) is 1.86. The number of benzene rings is 2. The summed E-state index contributed by atoms with van der Waals surface area (Å²) in [5.74, 6) is -1.06. The molecule has 10 heteroatoms. The Kier molecular flexibility index (Phi) is 6.45. The first-order chi connectivity index (χ1) is 14.2. The van der Waals surface area contributed by atoms with Crippen molar-refractivity contribution in [1.29, 1.82) is 0 Å². The number of amides is 1. The summed E-state index contributed by atoms with van der Waals surface area (Å²) in [7, 11) is 0. The summed E-state index contributed by atoms with van der Waals surface area (Å²) >= 11 is 0.937. The zero-order valence-corrected chi connectivity index (χ0v) is 16.9. The van der Waals surface area contributed by atoms with Crippen molar-refractivity contribution in [3.8, 4) is 17.1 Å². The third-order valence-electron chi connectivity index (χ3n) is 4.15. The normalized spacial score (nSPS) is 12.6. The lowest BCUT2D eigenvalue weighted by Crippen LogP contribution is -2.38. The number of carbonyl (C=O) groups excluding carboxylic acids is 1. The van der Waals surface area contributed by atoms with Gasteiger partial charge < -0.3 is 5.32 Å². The molecule has 0 fully saturated rings. The molecule has 0 bridgehead atoms. The number of halogens is 4. The number of nitrogens with one attached hydrogen (secondary N) is 1. The molecule has 0 saturated heterocycles. The van der Waals surface area contributed by atoms with Crippen molar-refractivity contribution >= 4 is 17.7 Å². The molecule has 2 aromatic carbocycles. The summed E-state index contributed by atoms with van der Waals surface area (Å²) in [5, 5.41) is 9.39. The number of alkyl halides is 3. The van der Waals surface area contributed by atoms with Gasteiger partial charge in [-0.15, -0.1) is 10.2 Å². The van der Waals surface area contributed by atoms with Crippen LogP contribution in [0.15, 0.2) is 53.7 Å². The lowest BCUT2D eigenvalue weighted by molar-refractivity contribution is -0.137. The Balaban J connectivity index is 1.96. The van der Waals surface area contributed by atoms with Crippen LogP contribution in [0, 0.1) is 12.7 Å². The second kappa shape index (κ2) is 8.86. The number of aromatic nitrogens is 3. The van der Waals surface area contributed by atoms with Gasteiger partial charge in [0.1, 0.15) is 12.4 Å². The molecule has 0 spiro atoms. The van der Waals surface area contributed by atoms with Crippen molar-refractivity contribution in [1.82, 2.24) is 20.1 Å². The maximum atomic E-state index is 14.4. The molecule has 1 aromatic heterocycles. The molecule has 0 aliphatic heterocycles. The second-order valence-corrected chi connectivity index (χ2v) is 7.86. The fourth-order valence-electron chi connectivity index (χ4n) is 2.63. The number of thioether (sulfide) groups is 1. The molecule has 1 atom stereocenters. The SMILES string of the molecule is Cc1ccc(-n2c(SC(C)C(=O)NCC(F)(F)F)nnc2-c2ccccc2F)cc1. The van der Waals surface area contributed by atoms with Gasteiger partial charge in [0.25, 0.3) is 0 Å². The Morgan fingerprint density at radius 3 is 2.43 bits per heavy atom. The lowest BCUT2D eigenvalue weighted by Gasteiger charge is -2.15. The minimum atomic E-state index is -4.50. The molecule has 3 rings (SSSR count). The Bertz CT molecular complexity index is 1030. The van der Waals surface area contributed by atoms with E-state index in [0.717, 1.165) is 17.3 Å². The van der Waals surface area contributed by atoms with E-state index in [9.17, 15) is 22.4 Å². The average Bonchev–Trinajstić information content (AvgIpc) is 3.09. The summed E-state index contributed by atoms with van der Waals surface area (Å²) in [6, 6.07) is 13.4. The zero-order chi connectivity index (χ0) is 21.9. The molecule has 0 saturated carbocycles. The molecule has 1 unspecified atom stereocenters. The molecule has 3 aromatic rings. The molecule has 158 valence electrons. The van der Waals surface area contributed by atoms with Gasteiger partial charge in [-0.1, -0.05) is 41.6 Å². The van der Waals surface area contributed by atoms with Crippen LogP contribution in [0.2, 0.25) is 0 Å². The first-order valence-corrected chi connectivity index (χ1v) is 9.82. The Hall–Kier alpha value is -2.88. The molecular weight excluding hydrogens is 420 g/mol. The van der Waals surface area contributed by atoms with Crippen molar-refractivity contribution in [2.45, 2.75) is 30.4 Å². The van der Waals surface area contributed by atoms with Crippen molar-refractivity contribution in [2.24, 2.45) is 0 Å². The summed E-state index contributed by atoms with van der Waals surface area (Å²) < 4.78 is 53.1. The second-order valence-electron chi connectivity index (χ2n) is 6.55. The first kappa shape index (κ1) is 21.8. The van der Waals surface area contributed by atoms with E-state index < -0.39 is 29.7 Å². The topological polar surface area (TPSA) is 59.8 Å². The molecule has 30 heavy (non-hydrogen) atoms. The predicted molar refractivity (Wildman–Crippen MR) is 106 cm³/mol. The monoisotopic (exact) mass is 438 g/mol. The van der Waals surface area contributed by atoms with E-state index in [2.05, 4.69) is 10.2 Å². The number of hydrogen-bond donors (Lipinski definition) is 1. The summed E-state index contributed by atoms with van der Waals surface area (Å²) in [6.45, 7) is 1.96.